The van der Waals surface area contributed by atoms with Crippen LogP contribution >= 0.6 is 35.3 Å². The lowest BCUT2D eigenvalue weighted by Gasteiger charge is -2.15. The Morgan fingerprint density at radius 3 is 2.50 bits per heavy atom. The minimum absolute atomic E-state index is 0. The van der Waals surface area contributed by atoms with Crippen LogP contribution in [0.2, 0.25) is 0 Å². The number of aliphatic imine (C=N–C) groups is 1. The van der Waals surface area contributed by atoms with Gasteiger partial charge in [-0.3, -0.25) is 9.79 Å². The van der Waals surface area contributed by atoms with E-state index in [1.54, 1.807) is 30.5 Å². The van der Waals surface area contributed by atoms with Gasteiger partial charge in [0.25, 0.3) is 0 Å². The Morgan fingerprint density at radius 2 is 1.96 bits per heavy atom. The van der Waals surface area contributed by atoms with Crippen LogP contribution in [-0.4, -0.2) is 25.5 Å². The van der Waals surface area contributed by atoms with Crippen LogP contribution in [0.3, 0.4) is 0 Å². The third-order valence-electron chi connectivity index (χ3n) is 3.61. The summed E-state index contributed by atoms with van der Waals surface area (Å²) in [6.07, 6.45) is 0. The number of nitrogens with zero attached hydrogens (tertiary/aromatic N) is 1. The molecule has 0 aliphatic heterocycles. The van der Waals surface area contributed by atoms with E-state index in [0.29, 0.717) is 18.0 Å². The molecule has 0 spiro atoms. The first-order chi connectivity index (χ1) is 11.1. The fraction of sp³-hybridized carbons (Fsp3) is 0.294. The van der Waals surface area contributed by atoms with Gasteiger partial charge in [0.15, 0.2) is 5.96 Å². The normalized spacial score (nSPS) is 12.2. The Labute approximate surface area is 163 Å². The van der Waals surface area contributed by atoms with E-state index in [1.807, 2.05) is 12.1 Å². The molecule has 1 aromatic carbocycles. The highest BCUT2D eigenvalue weighted by molar-refractivity contribution is 14.0. The highest BCUT2D eigenvalue weighted by atomic mass is 127. The Hall–Kier alpha value is -1.61. The number of nitrogens with one attached hydrogen (secondary N) is 2. The quantitative estimate of drug-likeness (QED) is 0.354. The van der Waals surface area contributed by atoms with Crippen LogP contribution in [0.5, 0.6) is 0 Å². The summed E-state index contributed by atoms with van der Waals surface area (Å²) < 4.78 is 0. The van der Waals surface area contributed by atoms with Gasteiger partial charge in [-0.1, -0.05) is 19.1 Å². The molecule has 1 heterocycles. The molecule has 7 heteroatoms. The average Bonchev–Trinajstić information content (AvgIpc) is 3.09. The molecule has 0 aliphatic carbocycles. The maximum absolute atomic E-state index is 11.0. The largest absolute Gasteiger partial charge is 0.366 e. The molecule has 0 fully saturated rings. The van der Waals surface area contributed by atoms with Crippen LogP contribution in [0.15, 0.2) is 46.1 Å². The second-order valence-corrected chi connectivity index (χ2v) is 6.11. The molecule has 2 aromatic rings. The first-order valence-corrected chi connectivity index (χ1v) is 8.39. The van der Waals surface area contributed by atoms with E-state index in [1.165, 1.54) is 5.56 Å². The van der Waals surface area contributed by atoms with Crippen molar-refractivity contribution >= 4 is 47.2 Å². The summed E-state index contributed by atoms with van der Waals surface area (Å²) in [5.41, 5.74) is 8.14. The standard InChI is InChI=1S/C17H22N4OS.HI/c1-12(15-7-8-23-11-15)9-20-17(19-2)21-10-13-3-5-14(6-4-13)16(18)22;/h3-8,11-12H,9-10H2,1-2H3,(H2,18,22)(H2,19,20,21);1H. The molecule has 0 saturated heterocycles. The first kappa shape index (κ1) is 20.4. The minimum atomic E-state index is -0.413. The lowest BCUT2D eigenvalue weighted by Crippen LogP contribution is -2.38. The zero-order chi connectivity index (χ0) is 16.7. The van der Waals surface area contributed by atoms with Crippen molar-refractivity contribution in [2.45, 2.75) is 19.4 Å². The number of hydrogen-bond acceptors (Lipinski definition) is 3. The fourth-order valence-electron chi connectivity index (χ4n) is 2.12. The van der Waals surface area contributed by atoms with Crippen molar-refractivity contribution in [2.24, 2.45) is 10.7 Å². The Balaban J connectivity index is 0.00000288. The summed E-state index contributed by atoms with van der Waals surface area (Å²) in [5.74, 6) is 0.769. The number of thiophene rings is 1. The van der Waals surface area contributed by atoms with E-state index in [4.69, 9.17) is 5.73 Å². The summed E-state index contributed by atoms with van der Waals surface area (Å²) in [5, 5.41) is 10.8. The minimum Gasteiger partial charge on any atom is -0.366 e. The number of primary amides is 1. The van der Waals surface area contributed by atoms with E-state index in [2.05, 4.69) is 39.4 Å². The Morgan fingerprint density at radius 1 is 1.25 bits per heavy atom. The number of carbonyl (C=O) groups is 1. The molecule has 5 nitrogen and oxygen atoms in total. The van der Waals surface area contributed by atoms with Crippen LogP contribution in [-0.2, 0) is 6.54 Å². The van der Waals surface area contributed by atoms with Crippen LogP contribution < -0.4 is 16.4 Å². The van der Waals surface area contributed by atoms with E-state index < -0.39 is 5.91 Å². The summed E-state index contributed by atoms with van der Waals surface area (Å²) in [4.78, 5) is 15.3. The van der Waals surface area contributed by atoms with E-state index in [9.17, 15) is 4.79 Å². The molecule has 4 N–H and O–H groups in total. The van der Waals surface area contributed by atoms with Crippen molar-refractivity contribution in [1.29, 1.82) is 0 Å². The van der Waals surface area contributed by atoms with Crippen molar-refractivity contribution in [2.75, 3.05) is 13.6 Å². The smallest absolute Gasteiger partial charge is 0.248 e. The molecule has 1 aromatic heterocycles. The molecule has 0 bridgehead atoms. The lowest BCUT2D eigenvalue weighted by molar-refractivity contribution is 0.100. The summed E-state index contributed by atoms with van der Waals surface area (Å²) in [6.45, 7) is 3.63. The van der Waals surface area contributed by atoms with Gasteiger partial charge in [-0.05, 0) is 46.0 Å². The van der Waals surface area contributed by atoms with Crippen LogP contribution in [0.25, 0.3) is 0 Å². The number of nitrogens with two attached hydrogens (primary N) is 1. The van der Waals surface area contributed by atoms with Crippen LogP contribution in [0, 0.1) is 0 Å². The third-order valence-corrected chi connectivity index (χ3v) is 4.31. The number of hydrogen-bond donors (Lipinski definition) is 3. The Bertz CT molecular complexity index is 656. The van der Waals surface area contributed by atoms with E-state index >= 15 is 0 Å². The molecule has 0 saturated carbocycles. The van der Waals surface area contributed by atoms with Crippen LogP contribution in [0.1, 0.15) is 34.3 Å². The fourth-order valence-corrected chi connectivity index (χ4v) is 2.90. The molecule has 2 rings (SSSR count). The zero-order valence-electron chi connectivity index (χ0n) is 13.8. The van der Waals surface area contributed by atoms with Crippen molar-refractivity contribution in [3.8, 4) is 0 Å². The second-order valence-electron chi connectivity index (χ2n) is 5.33. The number of guanidine groups is 1. The van der Waals surface area contributed by atoms with Crippen molar-refractivity contribution in [3.63, 3.8) is 0 Å². The average molecular weight is 458 g/mol. The lowest BCUT2D eigenvalue weighted by atomic mass is 10.1. The molecule has 0 aliphatic rings. The van der Waals surface area contributed by atoms with Crippen LogP contribution in [0.4, 0.5) is 0 Å². The highest BCUT2D eigenvalue weighted by Crippen LogP contribution is 2.16. The molecule has 1 amide bonds. The molecule has 130 valence electrons. The number of amides is 1. The van der Waals surface area contributed by atoms with Gasteiger partial charge in [-0.2, -0.15) is 11.3 Å². The predicted molar refractivity (Wildman–Crippen MR) is 111 cm³/mol. The summed E-state index contributed by atoms with van der Waals surface area (Å²) in [6, 6.07) is 9.37. The van der Waals surface area contributed by atoms with E-state index in [0.717, 1.165) is 18.1 Å². The van der Waals surface area contributed by atoms with Gasteiger partial charge in [-0.25, -0.2) is 0 Å². The van der Waals surface area contributed by atoms with Gasteiger partial charge in [0, 0.05) is 25.7 Å². The predicted octanol–water partition coefficient (Wildman–Crippen LogP) is 2.93. The topological polar surface area (TPSA) is 79.5 Å². The van der Waals surface area contributed by atoms with Gasteiger partial charge >= 0.3 is 0 Å². The van der Waals surface area contributed by atoms with E-state index in [-0.39, 0.29) is 24.0 Å². The zero-order valence-corrected chi connectivity index (χ0v) is 16.9. The monoisotopic (exact) mass is 458 g/mol. The molecular weight excluding hydrogens is 435 g/mol. The molecule has 24 heavy (non-hydrogen) atoms. The second kappa shape index (κ2) is 10.3. The maximum Gasteiger partial charge on any atom is 0.248 e. The highest BCUT2D eigenvalue weighted by Gasteiger charge is 2.07. The van der Waals surface area contributed by atoms with Crippen molar-refractivity contribution in [1.82, 2.24) is 10.6 Å². The van der Waals surface area contributed by atoms with Gasteiger partial charge in [0.1, 0.15) is 0 Å². The number of carbonyl (C=O) groups excluding carboxylic acids is 1. The van der Waals surface area contributed by atoms with Gasteiger partial charge < -0.3 is 16.4 Å². The van der Waals surface area contributed by atoms with Gasteiger partial charge in [-0.15, -0.1) is 24.0 Å². The van der Waals surface area contributed by atoms with Gasteiger partial charge in [0.05, 0.1) is 0 Å². The number of halogens is 1. The summed E-state index contributed by atoms with van der Waals surface area (Å²) >= 11 is 1.71. The molecule has 1 atom stereocenters. The SMILES string of the molecule is CN=C(NCc1ccc(C(N)=O)cc1)NCC(C)c1ccsc1.I. The number of rotatable bonds is 6. The first-order valence-electron chi connectivity index (χ1n) is 7.45. The molecular formula is C17H23IN4OS. The molecule has 1 unspecified atom stereocenters. The number of benzene rings is 1. The van der Waals surface area contributed by atoms with Gasteiger partial charge in [0.2, 0.25) is 5.91 Å². The van der Waals surface area contributed by atoms with Crippen molar-refractivity contribution < 1.29 is 4.79 Å². The van der Waals surface area contributed by atoms with Crippen molar-refractivity contribution in [3.05, 3.63) is 57.8 Å². The Kier molecular flexibility index (Phi) is 8.77. The third kappa shape index (κ3) is 6.12. The maximum atomic E-state index is 11.0. The molecule has 0 radical (unpaired) electrons. The summed E-state index contributed by atoms with van der Waals surface area (Å²) in [7, 11) is 1.75.